The second-order valence-corrected chi connectivity index (χ2v) is 5.16. The Labute approximate surface area is 108 Å². The average molecular weight is 276 g/mol. The largest absolute Gasteiger partial charge is 0.469 e. The maximum atomic E-state index is 10.9. The normalized spacial score (nSPS) is 10.6. The molecule has 5 N–H and O–H groups in total. The highest BCUT2D eigenvalue weighted by Gasteiger charge is 2.04. The summed E-state index contributed by atoms with van der Waals surface area (Å²) in [7, 11) is 1.39. The first-order chi connectivity index (χ1) is 8.11. The van der Waals surface area contributed by atoms with Gasteiger partial charge in [0.05, 0.1) is 19.2 Å². The molecular weight excluding hydrogens is 260 g/mol. The van der Waals surface area contributed by atoms with Crippen LogP contribution in [0.1, 0.15) is 12.1 Å². The fourth-order valence-electron chi connectivity index (χ4n) is 1.02. The number of carbonyl (C=O) groups is 1. The first kappa shape index (κ1) is 14.2. The molecule has 0 saturated heterocycles. The van der Waals surface area contributed by atoms with Crippen LogP contribution in [-0.2, 0) is 15.3 Å². The Hall–Kier alpha value is -0.830. The number of nitrogens with zero attached hydrogens (tertiary/aromatic N) is 1. The summed E-state index contributed by atoms with van der Waals surface area (Å²) in [4.78, 5) is 15.2. The quantitative estimate of drug-likeness (QED) is 0.379. The lowest BCUT2D eigenvalue weighted by Gasteiger charge is -2.04. The molecule has 0 spiro atoms. The van der Waals surface area contributed by atoms with E-state index in [4.69, 9.17) is 11.5 Å². The Kier molecular flexibility index (Phi) is 6.27. The number of esters is 1. The molecule has 1 heterocycles. The molecule has 0 radical (unpaired) electrons. The first-order valence-corrected chi connectivity index (χ1v) is 7.02. The van der Waals surface area contributed by atoms with Gasteiger partial charge in [0, 0.05) is 16.9 Å². The fraction of sp³-hybridized carbons (Fsp3) is 0.556. The van der Waals surface area contributed by atoms with Crippen LogP contribution in [0, 0.1) is 0 Å². The molecule has 0 aliphatic heterocycles. The van der Waals surface area contributed by atoms with E-state index in [1.807, 2.05) is 5.38 Å². The third-order valence-electron chi connectivity index (χ3n) is 1.77. The number of ether oxygens (including phenoxy) is 1. The number of aromatic nitrogens is 1. The van der Waals surface area contributed by atoms with Crippen LogP contribution in [0.4, 0.5) is 5.13 Å². The van der Waals surface area contributed by atoms with E-state index in [0.29, 0.717) is 11.6 Å². The van der Waals surface area contributed by atoms with Crippen molar-refractivity contribution in [2.24, 2.45) is 11.5 Å². The van der Waals surface area contributed by atoms with Gasteiger partial charge in [0.2, 0.25) is 0 Å². The van der Waals surface area contributed by atoms with Gasteiger partial charge in [0.25, 0.3) is 0 Å². The van der Waals surface area contributed by atoms with Gasteiger partial charge in [-0.15, -0.1) is 11.3 Å². The van der Waals surface area contributed by atoms with Crippen molar-refractivity contribution in [3.63, 3.8) is 0 Å². The van der Waals surface area contributed by atoms with Gasteiger partial charge >= 0.3 is 5.97 Å². The lowest BCUT2D eigenvalue weighted by molar-refractivity contribution is -0.140. The molecule has 1 aromatic heterocycles. The number of nitrogens with one attached hydrogen (secondary N) is 1. The molecule has 0 unspecified atom stereocenters. The summed E-state index contributed by atoms with van der Waals surface area (Å²) < 4.78 is 4.55. The van der Waals surface area contributed by atoms with E-state index in [-0.39, 0.29) is 5.97 Å². The lowest BCUT2D eigenvalue weighted by atomic mass is 10.5. The number of methoxy groups -OCH3 is 1. The number of hydrogen-bond acceptors (Lipinski definition) is 8. The molecule has 0 aliphatic rings. The maximum absolute atomic E-state index is 10.9. The van der Waals surface area contributed by atoms with Crippen LogP contribution in [0.5, 0.6) is 0 Å². The number of carbonyl (C=O) groups excluding carboxylic acids is 1. The van der Waals surface area contributed by atoms with Gasteiger partial charge in [0.15, 0.2) is 5.13 Å². The summed E-state index contributed by atoms with van der Waals surface area (Å²) >= 11 is 3.09. The summed E-state index contributed by atoms with van der Waals surface area (Å²) in [6.45, 7) is 0. The smallest absolute Gasteiger partial charge is 0.306 e. The van der Waals surface area contributed by atoms with Crippen LogP contribution in [-0.4, -0.2) is 30.1 Å². The zero-order valence-corrected chi connectivity index (χ0v) is 11.1. The van der Waals surface area contributed by atoms with Crippen LogP contribution < -0.4 is 16.8 Å². The van der Waals surface area contributed by atoms with Crippen LogP contribution in [0.15, 0.2) is 5.38 Å². The van der Waals surface area contributed by atoms with E-state index in [2.05, 4.69) is 15.0 Å². The highest BCUT2D eigenvalue weighted by molar-refractivity contribution is 7.98. The molecule has 0 amide bonds. The molecule has 0 aromatic carbocycles. The fourth-order valence-corrected chi connectivity index (χ4v) is 2.69. The predicted octanol–water partition coefficient (Wildman–Crippen LogP) is 0.552. The Balaban J connectivity index is 2.23. The van der Waals surface area contributed by atoms with Crippen LogP contribution in [0.3, 0.4) is 0 Å². The van der Waals surface area contributed by atoms with Crippen molar-refractivity contribution < 1.29 is 9.53 Å². The summed E-state index contributed by atoms with van der Waals surface area (Å²) in [6, 6.07) is 0. The zero-order valence-electron chi connectivity index (χ0n) is 9.51. The number of nitrogens with two attached hydrogens (primary N) is 2. The van der Waals surface area contributed by atoms with Crippen molar-refractivity contribution in [1.29, 1.82) is 0 Å². The van der Waals surface area contributed by atoms with Crippen LogP contribution in [0.25, 0.3) is 0 Å². The third-order valence-corrected chi connectivity index (χ3v) is 3.59. The van der Waals surface area contributed by atoms with Crippen molar-refractivity contribution in [3.05, 3.63) is 11.1 Å². The minimum atomic E-state index is -0.596. The Morgan fingerprint density at radius 2 is 2.47 bits per heavy atom. The topological polar surface area (TPSA) is 103 Å². The van der Waals surface area contributed by atoms with Gasteiger partial charge < -0.3 is 10.1 Å². The molecule has 0 atom stereocenters. The van der Waals surface area contributed by atoms with Gasteiger partial charge in [-0.05, 0) is 0 Å². The van der Waals surface area contributed by atoms with Gasteiger partial charge in [-0.3, -0.25) is 16.3 Å². The second kappa shape index (κ2) is 7.49. The second-order valence-electron chi connectivity index (χ2n) is 3.19. The van der Waals surface area contributed by atoms with E-state index in [1.54, 1.807) is 11.8 Å². The van der Waals surface area contributed by atoms with E-state index in [9.17, 15) is 4.79 Å². The van der Waals surface area contributed by atoms with Crippen molar-refractivity contribution >= 4 is 34.2 Å². The number of thiazole rings is 1. The molecule has 0 aliphatic carbocycles. The van der Waals surface area contributed by atoms with Gasteiger partial charge in [-0.2, -0.15) is 11.8 Å². The molecule has 1 rings (SSSR count). The number of thioether (sulfide) groups is 1. The van der Waals surface area contributed by atoms with E-state index in [1.165, 1.54) is 18.4 Å². The van der Waals surface area contributed by atoms with Gasteiger partial charge in [-0.1, -0.05) is 0 Å². The highest BCUT2D eigenvalue weighted by atomic mass is 32.2. The molecule has 0 fully saturated rings. The lowest BCUT2D eigenvalue weighted by Crippen LogP contribution is -2.38. The number of rotatable bonds is 7. The van der Waals surface area contributed by atoms with E-state index < -0.39 is 6.29 Å². The monoisotopic (exact) mass is 276 g/mol. The van der Waals surface area contributed by atoms with E-state index >= 15 is 0 Å². The molecule has 96 valence electrons. The van der Waals surface area contributed by atoms with Crippen molar-refractivity contribution in [2.45, 2.75) is 18.5 Å². The Morgan fingerprint density at radius 1 is 1.71 bits per heavy atom. The van der Waals surface area contributed by atoms with Crippen LogP contribution in [0.2, 0.25) is 0 Å². The number of hydrogen-bond donors (Lipinski definition) is 3. The third kappa shape index (κ3) is 5.87. The van der Waals surface area contributed by atoms with Gasteiger partial charge in [0.1, 0.15) is 6.29 Å². The molecular formula is C9H16N4O2S2. The Morgan fingerprint density at radius 3 is 3.12 bits per heavy atom. The maximum Gasteiger partial charge on any atom is 0.306 e. The van der Waals surface area contributed by atoms with E-state index in [0.717, 1.165) is 17.2 Å². The molecule has 8 heteroatoms. The first-order valence-electron chi connectivity index (χ1n) is 4.98. The summed E-state index contributed by atoms with van der Waals surface area (Å²) in [5.41, 5.74) is 11.7. The number of anilines is 1. The molecule has 17 heavy (non-hydrogen) atoms. The minimum Gasteiger partial charge on any atom is -0.469 e. The highest BCUT2D eigenvalue weighted by Crippen LogP contribution is 2.19. The van der Waals surface area contributed by atoms with Gasteiger partial charge in [-0.25, -0.2) is 4.98 Å². The molecule has 6 nitrogen and oxygen atoms in total. The Bertz CT molecular complexity index is 357. The predicted molar refractivity (Wildman–Crippen MR) is 70.7 cm³/mol. The molecule has 0 saturated carbocycles. The SMILES string of the molecule is COC(=O)CCSCc1csc(NC(N)N)n1. The summed E-state index contributed by atoms with van der Waals surface area (Å²) in [5.74, 6) is 1.30. The minimum absolute atomic E-state index is 0.188. The molecule has 0 bridgehead atoms. The van der Waals surface area contributed by atoms with Crippen molar-refractivity contribution in [2.75, 3.05) is 18.2 Å². The van der Waals surface area contributed by atoms with Crippen molar-refractivity contribution in [1.82, 2.24) is 4.98 Å². The van der Waals surface area contributed by atoms with Crippen LogP contribution >= 0.6 is 23.1 Å². The molecule has 1 aromatic rings. The summed E-state index contributed by atoms with van der Waals surface area (Å²) in [5, 5.41) is 5.47. The standard InChI is InChI=1S/C9H16N4O2S2/c1-15-7(14)2-3-16-4-6-5-17-9(12-6)13-8(10)11/h5,8H,2-4,10-11H2,1H3,(H,12,13). The average Bonchev–Trinajstić information content (AvgIpc) is 2.70. The zero-order chi connectivity index (χ0) is 12.7. The summed E-state index contributed by atoms with van der Waals surface area (Å²) in [6.07, 6.45) is -0.176. The van der Waals surface area contributed by atoms with Crippen molar-refractivity contribution in [3.8, 4) is 0 Å².